The Bertz CT molecular complexity index is 506. The zero-order valence-corrected chi connectivity index (χ0v) is 13.5. The second kappa shape index (κ2) is 8.36. The van der Waals surface area contributed by atoms with Gasteiger partial charge in [-0.1, -0.05) is 31.9 Å². The number of rotatable bonds is 6. The summed E-state index contributed by atoms with van der Waals surface area (Å²) in [6.07, 6.45) is 0.428. The summed E-state index contributed by atoms with van der Waals surface area (Å²) in [5.41, 5.74) is 0.999. The van der Waals surface area contributed by atoms with Crippen LogP contribution < -0.4 is 4.74 Å². The van der Waals surface area contributed by atoms with Gasteiger partial charge in [-0.15, -0.1) is 5.92 Å². The molecule has 1 aromatic rings. The van der Waals surface area contributed by atoms with Gasteiger partial charge in [0, 0.05) is 0 Å². The first-order valence-electron chi connectivity index (χ1n) is 7.23. The van der Waals surface area contributed by atoms with Gasteiger partial charge in [0.2, 0.25) is 0 Å². The number of carbonyl (C=O) groups excluding carboxylic acids is 1. The molecule has 0 aliphatic heterocycles. The Balaban J connectivity index is 2.82. The van der Waals surface area contributed by atoms with Crippen molar-refractivity contribution in [2.75, 3.05) is 7.11 Å². The Morgan fingerprint density at radius 3 is 2.29 bits per heavy atom. The number of benzene rings is 1. The van der Waals surface area contributed by atoms with E-state index in [4.69, 9.17) is 9.47 Å². The van der Waals surface area contributed by atoms with Gasteiger partial charge in [-0.3, -0.25) is 4.79 Å². The molecule has 0 saturated carbocycles. The number of esters is 1. The third-order valence-electron chi connectivity index (χ3n) is 3.46. The van der Waals surface area contributed by atoms with Crippen LogP contribution in [0.25, 0.3) is 0 Å². The van der Waals surface area contributed by atoms with E-state index >= 15 is 0 Å². The van der Waals surface area contributed by atoms with Gasteiger partial charge < -0.3 is 9.47 Å². The monoisotopic (exact) mass is 288 g/mol. The van der Waals surface area contributed by atoms with Gasteiger partial charge in [0.15, 0.2) is 0 Å². The van der Waals surface area contributed by atoms with Crippen molar-refractivity contribution in [1.82, 2.24) is 0 Å². The lowest BCUT2D eigenvalue weighted by Gasteiger charge is -2.18. The van der Waals surface area contributed by atoms with Crippen molar-refractivity contribution in [2.45, 2.75) is 46.1 Å². The Morgan fingerprint density at radius 1 is 1.19 bits per heavy atom. The van der Waals surface area contributed by atoms with Crippen molar-refractivity contribution in [3.05, 3.63) is 29.8 Å². The fraction of sp³-hybridized carbons (Fsp3) is 0.500. The summed E-state index contributed by atoms with van der Waals surface area (Å²) in [7, 11) is 1.39. The normalized spacial score (nSPS) is 13.0. The van der Waals surface area contributed by atoms with E-state index in [0.717, 1.165) is 11.3 Å². The van der Waals surface area contributed by atoms with Gasteiger partial charge in [-0.25, -0.2) is 0 Å². The lowest BCUT2D eigenvalue weighted by molar-refractivity contribution is -0.140. The van der Waals surface area contributed by atoms with Crippen molar-refractivity contribution in [3.63, 3.8) is 0 Å². The van der Waals surface area contributed by atoms with Gasteiger partial charge in [0.1, 0.15) is 5.75 Å². The van der Waals surface area contributed by atoms with Crippen LogP contribution in [0.15, 0.2) is 24.3 Å². The van der Waals surface area contributed by atoms with Crippen molar-refractivity contribution in [1.29, 1.82) is 0 Å². The molecule has 3 nitrogen and oxygen atoms in total. The molecule has 0 aromatic heterocycles. The fourth-order valence-corrected chi connectivity index (χ4v) is 1.81. The fourth-order valence-electron chi connectivity index (χ4n) is 1.81. The largest absolute Gasteiger partial charge is 0.490 e. The van der Waals surface area contributed by atoms with Crippen molar-refractivity contribution in [2.24, 2.45) is 5.92 Å². The highest BCUT2D eigenvalue weighted by Gasteiger charge is 2.15. The quantitative estimate of drug-likeness (QED) is 0.590. The summed E-state index contributed by atoms with van der Waals surface area (Å²) in [5, 5.41) is 0. The van der Waals surface area contributed by atoms with E-state index < -0.39 is 0 Å². The van der Waals surface area contributed by atoms with E-state index in [2.05, 4.69) is 32.6 Å². The highest BCUT2D eigenvalue weighted by Crippen LogP contribution is 2.23. The molecular weight excluding hydrogens is 264 g/mol. The molecule has 1 aromatic carbocycles. The van der Waals surface area contributed by atoms with Crippen LogP contribution in [0.2, 0.25) is 0 Å². The van der Waals surface area contributed by atoms with Crippen molar-refractivity contribution < 1.29 is 14.3 Å². The van der Waals surface area contributed by atoms with Gasteiger partial charge in [-0.05, 0) is 37.5 Å². The molecule has 3 heteroatoms. The van der Waals surface area contributed by atoms with Crippen LogP contribution in [0.4, 0.5) is 0 Å². The zero-order chi connectivity index (χ0) is 15.8. The summed E-state index contributed by atoms with van der Waals surface area (Å²) >= 11 is 0. The molecule has 0 fully saturated rings. The smallest absolute Gasteiger partial charge is 0.307 e. The van der Waals surface area contributed by atoms with E-state index in [-0.39, 0.29) is 24.4 Å². The third kappa shape index (κ3) is 5.51. The van der Waals surface area contributed by atoms with Crippen LogP contribution in [-0.4, -0.2) is 19.2 Å². The predicted molar refractivity (Wildman–Crippen MR) is 84.2 cm³/mol. The molecular formula is C18H24O3. The highest BCUT2D eigenvalue weighted by molar-refractivity contribution is 5.71. The Labute approximate surface area is 127 Å². The molecule has 0 heterocycles. The van der Waals surface area contributed by atoms with E-state index in [0.29, 0.717) is 5.92 Å². The standard InChI is InChI=1S/C18H24O3/c1-6-7-16(12-18(19)20-5)15-8-10-17(11-9-15)21-14(4)13(2)3/h8-11,13-14,16H,12H2,1-5H3/t14-,16+/m1/s1. The van der Waals surface area contributed by atoms with Gasteiger partial charge >= 0.3 is 5.97 Å². The number of methoxy groups -OCH3 is 1. The van der Waals surface area contributed by atoms with Gasteiger partial charge in [0.25, 0.3) is 0 Å². The molecule has 0 spiro atoms. The summed E-state index contributed by atoms with van der Waals surface area (Å²) in [6, 6.07) is 7.77. The van der Waals surface area contributed by atoms with E-state index in [9.17, 15) is 4.79 Å². The first-order chi connectivity index (χ1) is 9.97. The Morgan fingerprint density at radius 2 is 1.81 bits per heavy atom. The molecule has 0 unspecified atom stereocenters. The summed E-state index contributed by atoms with van der Waals surface area (Å²) < 4.78 is 10.6. The van der Waals surface area contributed by atoms with Crippen LogP contribution in [0.5, 0.6) is 5.75 Å². The lowest BCUT2D eigenvalue weighted by Crippen LogP contribution is -2.18. The SMILES string of the molecule is CC#C[C@@H](CC(=O)OC)c1ccc(O[C@H](C)C(C)C)cc1. The third-order valence-corrected chi connectivity index (χ3v) is 3.46. The minimum atomic E-state index is -0.253. The molecule has 1 rings (SSSR count). The molecule has 2 atom stereocenters. The predicted octanol–water partition coefficient (Wildman–Crippen LogP) is 3.78. The number of hydrogen-bond donors (Lipinski definition) is 0. The van der Waals surface area contributed by atoms with Crippen LogP contribution >= 0.6 is 0 Å². The second-order valence-corrected chi connectivity index (χ2v) is 5.36. The maximum atomic E-state index is 11.4. The molecule has 0 aliphatic carbocycles. The van der Waals surface area contributed by atoms with Crippen LogP contribution in [0.1, 0.15) is 45.6 Å². The van der Waals surface area contributed by atoms with Crippen LogP contribution in [0, 0.1) is 17.8 Å². The van der Waals surface area contributed by atoms with E-state index in [1.54, 1.807) is 6.92 Å². The van der Waals surface area contributed by atoms with E-state index in [1.807, 2.05) is 24.3 Å². The van der Waals surface area contributed by atoms with Crippen molar-refractivity contribution >= 4 is 5.97 Å². The number of hydrogen-bond acceptors (Lipinski definition) is 3. The minimum absolute atomic E-state index is 0.140. The first kappa shape index (κ1) is 17.1. The van der Waals surface area contributed by atoms with Crippen molar-refractivity contribution in [3.8, 4) is 17.6 Å². The molecule has 114 valence electrons. The Hall–Kier alpha value is -1.95. The number of carbonyl (C=O) groups is 1. The van der Waals surface area contributed by atoms with Gasteiger partial charge in [0.05, 0.1) is 25.6 Å². The molecule has 21 heavy (non-hydrogen) atoms. The molecule has 0 amide bonds. The second-order valence-electron chi connectivity index (χ2n) is 5.36. The maximum Gasteiger partial charge on any atom is 0.307 e. The summed E-state index contributed by atoms with van der Waals surface area (Å²) in [6.45, 7) is 8.08. The molecule has 0 aliphatic rings. The number of ether oxygens (including phenoxy) is 2. The first-order valence-corrected chi connectivity index (χ1v) is 7.23. The lowest BCUT2D eigenvalue weighted by atomic mass is 9.96. The summed E-state index contributed by atoms with van der Waals surface area (Å²) in [4.78, 5) is 11.4. The topological polar surface area (TPSA) is 35.5 Å². The average molecular weight is 288 g/mol. The van der Waals surface area contributed by atoms with Crippen LogP contribution in [0.3, 0.4) is 0 Å². The Kier molecular flexibility index (Phi) is 6.81. The molecule has 0 saturated heterocycles. The zero-order valence-electron chi connectivity index (χ0n) is 13.5. The molecule has 0 N–H and O–H groups in total. The molecule has 0 bridgehead atoms. The maximum absolute atomic E-state index is 11.4. The van der Waals surface area contributed by atoms with Crippen LogP contribution in [-0.2, 0) is 9.53 Å². The molecule has 0 radical (unpaired) electrons. The average Bonchev–Trinajstić information content (AvgIpc) is 2.47. The van der Waals surface area contributed by atoms with Gasteiger partial charge in [-0.2, -0.15) is 0 Å². The van der Waals surface area contributed by atoms with E-state index in [1.165, 1.54) is 7.11 Å². The summed E-state index contributed by atoms with van der Waals surface area (Å²) in [5.74, 6) is 6.82. The highest BCUT2D eigenvalue weighted by atomic mass is 16.5. The minimum Gasteiger partial charge on any atom is -0.490 e.